The first kappa shape index (κ1) is 15.2. The van der Waals surface area contributed by atoms with Crippen LogP contribution in [-0.2, 0) is 6.61 Å². The van der Waals surface area contributed by atoms with Gasteiger partial charge in [-0.25, -0.2) is 8.78 Å². The zero-order valence-electron chi connectivity index (χ0n) is 10.7. The van der Waals surface area contributed by atoms with Crippen LogP contribution in [0.1, 0.15) is 11.1 Å². The second-order valence-electron chi connectivity index (χ2n) is 4.15. The summed E-state index contributed by atoms with van der Waals surface area (Å²) in [6.07, 6.45) is 0. The maximum Gasteiger partial charge on any atom is 0.173 e. The maximum atomic E-state index is 13.5. The maximum absolute atomic E-state index is 13.5. The Hall–Kier alpha value is -2.15. The molecule has 0 atom stereocenters. The lowest BCUT2D eigenvalue weighted by atomic mass is 10.2. The van der Waals surface area contributed by atoms with Crippen molar-refractivity contribution in [3.05, 3.63) is 63.6 Å². The molecule has 0 unspecified atom stereocenters. The van der Waals surface area contributed by atoms with Gasteiger partial charge in [-0.2, -0.15) is 0 Å². The average Bonchev–Trinajstić information content (AvgIpc) is 2.48. The summed E-state index contributed by atoms with van der Waals surface area (Å²) in [6.45, 7) is -0.184. The average molecular weight is 357 g/mol. The highest BCUT2D eigenvalue weighted by Crippen LogP contribution is 2.24. The minimum atomic E-state index is -0.571. The Morgan fingerprint density at radius 3 is 2.71 bits per heavy atom. The minimum absolute atomic E-state index is 0.0726. The molecule has 0 heterocycles. The molecule has 0 fully saturated rings. The van der Waals surface area contributed by atoms with Crippen molar-refractivity contribution in [2.75, 3.05) is 0 Å². The molecule has 2 aromatic rings. The van der Waals surface area contributed by atoms with Crippen molar-refractivity contribution in [3.63, 3.8) is 0 Å². The molecule has 3 N–H and O–H groups in total. The van der Waals surface area contributed by atoms with Crippen LogP contribution in [-0.4, -0.2) is 11.0 Å². The van der Waals surface area contributed by atoms with Crippen LogP contribution in [0.15, 0.2) is 46.0 Å². The smallest absolute Gasteiger partial charge is 0.173 e. The summed E-state index contributed by atoms with van der Waals surface area (Å²) in [4.78, 5) is 0. The Labute approximate surface area is 128 Å². The normalized spacial score (nSPS) is 11.5. The van der Waals surface area contributed by atoms with Gasteiger partial charge in [-0.15, -0.1) is 0 Å². The van der Waals surface area contributed by atoms with Gasteiger partial charge in [0.05, 0.1) is 5.56 Å². The van der Waals surface area contributed by atoms with Crippen molar-refractivity contribution >= 4 is 21.8 Å². The molecule has 0 aliphatic heterocycles. The summed E-state index contributed by atoms with van der Waals surface area (Å²) < 4.78 is 32.7. The van der Waals surface area contributed by atoms with Gasteiger partial charge in [0.25, 0.3) is 0 Å². The number of amidine groups is 1. The first-order valence-electron chi connectivity index (χ1n) is 5.85. The van der Waals surface area contributed by atoms with E-state index in [1.165, 1.54) is 0 Å². The standard InChI is InChI=1S/C14H11BrF2N2O2/c15-9-1-4-13(11(6-9)14(18)19-20)21-7-8-5-10(16)2-3-12(8)17/h1-6,20H,7H2,(H2,18,19). The molecule has 2 rings (SSSR count). The van der Waals surface area contributed by atoms with E-state index in [4.69, 9.17) is 15.7 Å². The second kappa shape index (κ2) is 6.53. The van der Waals surface area contributed by atoms with E-state index in [2.05, 4.69) is 21.1 Å². The van der Waals surface area contributed by atoms with Crippen LogP contribution in [0.3, 0.4) is 0 Å². The lowest BCUT2D eigenvalue weighted by Gasteiger charge is -2.11. The molecular formula is C14H11BrF2N2O2. The van der Waals surface area contributed by atoms with E-state index in [1.54, 1.807) is 18.2 Å². The van der Waals surface area contributed by atoms with Crippen LogP contribution < -0.4 is 10.5 Å². The second-order valence-corrected chi connectivity index (χ2v) is 5.07. The molecule has 0 aliphatic rings. The van der Waals surface area contributed by atoms with Crippen molar-refractivity contribution in [2.45, 2.75) is 6.61 Å². The summed E-state index contributed by atoms with van der Waals surface area (Å²) in [5, 5.41) is 11.7. The zero-order valence-corrected chi connectivity index (χ0v) is 12.3. The zero-order chi connectivity index (χ0) is 15.4. The third kappa shape index (κ3) is 3.69. The van der Waals surface area contributed by atoms with E-state index in [0.717, 1.165) is 18.2 Å². The number of halogens is 3. The van der Waals surface area contributed by atoms with E-state index in [1.807, 2.05) is 0 Å². The summed E-state index contributed by atoms with van der Waals surface area (Å²) in [7, 11) is 0. The lowest BCUT2D eigenvalue weighted by molar-refractivity contribution is 0.296. The van der Waals surface area contributed by atoms with E-state index in [0.29, 0.717) is 10.0 Å². The highest BCUT2D eigenvalue weighted by Gasteiger charge is 2.11. The van der Waals surface area contributed by atoms with Gasteiger partial charge in [-0.1, -0.05) is 21.1 Å². The SMILES string of the molecule is N/C(=N/O)c1cc(Br)ccc1OCc1cc(F)ccc1F. The van der Waals surface area contributed by atoms with Crippen molar-refractivity contribution in [3.8, 4) is 5.75 Å². The number of nitrogens with two attached hydrogens (primary N) is 1. The van der Waals surface area contributed by atoms with Gasteiger partial charge in [0.2, 0.25) is 0 Å². The predicted octanol–water partition coefficient (Wildman–Crippen LogP) is 3.40. The Bertz CT molecular complexity index is 693. The molecule has 4 nitrogen and oxygen atoms in total. The first-order valence-corrected chi connectivity index (χ1v) is 6.64. The third-order valence-electron chi connectivity index (χ3n) is 2.72. The van der Waals surface area contributed by atoms with Gasteiger partial charge >= 0.3 is 0 Å². The minimum Gasteiger partial charge on any atom is -0.488 e. The molecular weight excluding hydrogens is 346 g/mol. The van der Waals surface area contributed by atoms with Gasteiger partial charge in [-0.3, -0.25) is 0 Å². The first-order chi connectivity index (χ1) is 10.0. The Balaban J connectivity index is 2.26. The van der Waals surface area contributed by atoms with E-state index in [-0.39, 0.29) is 23.8 Å². The number of rotatable bonds is 4. The molecule has 0 amide bonds. The quantitative estimate of drug-likeness (QED) is 0.381. The fraction of sp³-hybridized carbons (Fsp3) is 0.0714. The number of oxime groups is 1. The lowest BCUT2D eigenvalue weighted by Crippen LogP contribution is -2.15. The summed E-state index contributed by atoms with van der Waals surface area (Å²) >= 11 is 3.25. The predicted molar refractivity (Wildman–Crippen MR) is 77.3 cm³/mol. The largest absolute Gasteiger partial charge is 0.488 e. The third-order valence-corrected chi connectivity index (χ3v) is 3.21. The number of hydrogen-bond donors (Lipinski definition) is 2. The Morgan fingerprint density at radius 1 is 1.24 bits per heavy atom. The molecule has 2 aromatic carbocycles. The summed E-state index contributed by atoms with van der Waals surface area (Å²) in [5.41, 5.74) is 5.96. The highest BCUT2D eigenvalue weighted by atomic mass is 79.9. The van der Waals surface area contributed by atoms with Gasteiger partial charge in [0, 0.05) is 10.0 Å². The van der Waals surface area contributed by atoms with Crippen LogP contribution in [0.5, 0.6) is 5.75 Å². The molecule has 110 valence electrons. The molecule has 7 heteroatoms. The van der Waals surface area contributed by atoms with Crippen molar-refractivity contribution in [2.24, 2.45) is 10.9 Å². The fourth-order valence-corrected chi connectivity index (χ4v) is 2.05. The number of benzene rings is 2. The molecule has 0 bridgehead atoms. The summed E-state index contributed by atoms with van der Waals surface area (Å²) in [6, 6.07) is 7.96. The van der Waals surface area contributed by atoms with E-state index >= 15 is 0 Å². The number of nitrogens with zero attached hydrogens (tertiary/aromatic N) is 1. The van der Waals surface area contributed by atoms with Crippen molar-refractivity contribution < 1.29 is 18.7 Å². The number of hydrogen-bond acceptors (Lipinski definition) is 3. The monoisotopic (exact) mass is 356 g/mol. The van der Waals surface area contributed by atoms with Crippen LogP contribution >= 0.6 is 15.9 Å². The topological polar surface area (TPSA) is 67.8 Å². The molecule has 0 radical (unpaired) electrons. The van der Waals surface area contributed by atoms with E-state index in [9.17, 15) is 8.78 Å². The van der Waals surface area contributed by atoms with Crippen LogP contribution in [0.25, 0.3) is 0 Å². The molecule has 0 aromatic heterocycles. The highest BCUT2D eigenvalue weighted by molar-refractivity contribution is 9.10. The molecule has 0 aliphatic carbocycles. The van der Waals surface area contributed by atoms with Crippen LogP contribution in [0.4, 0.5) is 8.78 Å². The summed E-state index contributed by atoms with van der Waals surface area (Å²) in [5.74, 6) is -0.982. The number of ether oxygens (including phenoxy) is 1. The van der Waals surface area contributed by atoms with Crippen LogP contribution in [0.2, 0.25) is 0 Å². The van der Waals surface area contributed by atoms with Gasteiger partial charge in [0.15, 0.2) is 5.84 Å². The Kier molecular flexibility index (Phi) is 4.74. The Morgan fingerprint density at radius 2 is 2.00 bits per heavy atom. The van der Waals surface area contributed by atoms with Gasteiger partial charge < -0.3 is 15.7 Å². The fourth-order valence-electron chi connectivity index (χ4n) is 1.69. The molecule has 21 heavy (non-hydrogen) atoms. The van der Waals surface area contributed by atoms with Crippen LogP contribution in [0, 0.1) is 11.6 Å². The van der Waals surface area contributed by atoms with Crippen molar-refractivity contribution in [1.29, 1.82) is 0 Å². The molecule has 0 saturated carbocycles. The molecule has 0 spiro atoms. The molecule has 0 saturated heterocycles. The van der Waals surface area contributed by atoms with Gasteiger partial charge in [-0.05, 0) is 36.4 Å². The van der Waals surface area contributed by atoms with E-state index < -0.39 is 11.6 Å². The van der Waals surface area contributed by atoms with Crippen molar-refractivity contribution in [1.82, 2.24) is 0 Å². The van der Waals surface area contributed by atoms with Gasteiger partial charge in [0.1, 0.15) is 24.0 Å².